The number of nitrogens with zero attached hydrogens (tertiary/aromatic N) is 2. The van der Waals surface area contributed by atoms with Crippen molar-refractivity contribution in [1.29, 1.82) is 0 Å². The van der Waals surface area contributed by atoms with Crippen molar-refractivity contribution in [3.8, 4) is 0 Å². The molecule has 1 aliphatic carbocycles. The second-order valence-corrected chi connectivity index (χ2v) is 9.85. The van der Waals surface area contributed by atoms with Crippen LogP contribution >= 0.6 is 0 Å². The topological polar surface area (TPSA) is 95.1 Å². The summed E-state index contributed by atoms with van der Waals surface area (Å²) in [5, 5.41) is 6.87. The third-order valence-corrected chi connectivity index (χ3v) is 7.01. The minimum atomic E-state index is -3.55. The molecule has 1 aromatic rings. The van der Waals surface area contributed by atoms with Crippen molar-refractivity contribution in [1.82, 2.24) is 20.3 Å². The monoisotopic (exact) mass is 437 g/mol. The van der Waals surface area contributed by atoms with Crippen LogP contribution in [0.25, 0.3) is 0 Å². The van der Waals surface area contributed by atoms with Crippen LogP contribution in [-0.4, -0.2) is 70.8 Å². The summed E-state index contributed by atoms with van der Waals surface area (Å²) in [6, 6.07) is 8.68. The van der Waals surface area contributed by atoms with Crippen molar-refractivity contribution in [3.05, 3.63) is 29.8 Å². The molecule has 3 N–H and O–H groups in total. The molecule has 0 spiro atoms. The van der Waals surface area contributed by atoms with Gasteiger partial charge in [-0.05, 0) is 50.8 Å². The summed E-state index contributed by atoms with van der Waals surface area (Å²) < 4.78 is 32.3. The Kier molecular flexibility index (Phi) is 8.10. The molecule has 9 heteroatoms. The van der Waals surface area contributed by atoms with E-state index in [0.717, 1.165) is 37.1 Å². The fourth-order valence-electron chi connectivity index (χ4n) is 3.93. The number of rotatable bonds is 10. The Morgan fingerprint density at radius 2 is 2.13 bits per heavy atom. The molecule has 3 rings (SSSR count). The molecule has 1 saturated carbocycles. The lowest BCUT2D eigenvalue weighted by molar-refractivity contribution is 0.204. The number of likely N-dealkylation sites (tertiary alicyclic amines) is 1. The molecule has 0 bridgehead atoms. The Labute approximate surface area is 180 Å². The predicted octanol–water partition coefficient (Wildman–Crippen LogP) is 1.29. The molecule has 1 saturated heterocycles. The molecule has 30 heavy (non-hydrogen) atoms. The van der Waals surface area contributed by atoms with Crippen LogP contribution in [0, 0.1) is 0 Å². The molecule has 2 aliphatic rings. The van der Waals surface area contributed by atoms with Gasteiger partial charge in [0, 0.05) is 44.9 Å². The zero-order chi connectivity index (χ0) is 21.6. The van der Waals surface area contributed by atoms with E-state index in [1.165, 1.54) is 12.8 Å². The van der Waals surface area contributed by atoms with Gasteiger partial charge in [0.15, 0.2) is 5.96 Å². The Balaban J connectivity index is 1.62. The number of ether oxygens (including phenoxy) is 1. The van der Waals surface area contributed by atoms with E-state index in [-0.39, 0.29) is 11.4 Å². The van der Waals surface area contributed by atoms with Crippen LogP contribution in [0.2, 0.25) is 0 Å². The molecule has 0 aromatic heterocycles. The quantitative estimate of drug-likeness (QED) is 0.290. The molecule has 2 atom stereocenters. The maximum absolute atomic E-state index is 12.4. The highest BCUT2D eigenvalue weighted by molar-refractivity contribution is 7.89. The maximum atomic E-state index is 12.4. The Bertz CT molecular complexity index is 826. The molecule has 2 fully saturated rings. The van der Waals surface area contributed by atoms with Gasteiger partial charge in [-0.2, -0.15) is 0 Å². The van der Waals surface area contributed by atoms with Crippen LogP contribution < -0.4 is 15.4 Å². The summed E-state index contributed by atoms with van der Waals surface area (Å²) in [5.41, 5.74) is 0.848. The molecule has 1 heterocycles. The number of aliphatic imine (C=N–C) groups is 1. The SMILES string of the molecule is CCNC(=NCc1cccc(S(=O)(=O)NCCOC)c1)NC1CC(C)N(C2CC2)C1. The fourth-order valence-corrected chi connectivity index (χ4v) is 5.01. The summed E-state index contributed by atoms with van der Waals surface area (Å²) in [4.78, 5) is 7.54. The van der Waals surface area contributed by atoms with Crippen molar-refractivity contribution < 1.29 is 13.2 Å². The van der Waals surface area contributed by atoms with Crippen LogP contribution in [-0.2, 0) is 21.3 Å². The van der Waals surface area contributed by atoms with Crippen LogP contribution in [0.3, 0.4) is 0 Å². The van der Waals surface area contributed by atoms with E-state index in [1.807, 2.05) is 13.0 Å². The average molecular weight is 438 g/mol. The van der Waals surface area contributed by atoms with Gasteiger partial charge < -0.3 is 15.4 Å². The third-order valence-electron chi connectivity index (χ3n) is 5.55. The van der Waals surface area contributed by atoms with Crippen LogP contribution in [0.5, 0.6) is 0 Å². The zero-order valence-electron chi connectivity index (χ0n) is 18.2. The number of guanidine groups is 1. The van der Waals surface area contributed by atoms with Gasteiger partial charge >= 0.3 is 0 Å². The van der Waals surface area contributed by atoms with Crippen molar-refractivity contribution in [2.45, 2.75) is 62.7 Å². The summed E-state index contributed by atoms with van der Waals surface area (Å²) in [6.45, 7) is 7.16. The maximum Gasteiger partial charge on any atom is 0.240 e. The van der Waals surface area contributed by atoms with E-state index in [1.54, 1.807) is 25.3 Å². The molecule has 2 unspecified atom stereocenters. The summed E-state index contributed by atoms with van der Waals surface area (Å²) in [5.74, 6) is 0.777. The van der Waals surface area contributed by atoms with E-state index in [2.05, 4.69) is 27.2 Å². The molecule has 0 amide bonds. The lowest BCUT2D eigenvalue weighted by Gasteiger charge is -2.20. The van der Waals surface area contributed by atoms with Crippen molar-refractivity contribution in [2.24, 2.45) is 4.99 Å². The average Bonchev–Trinajstić information content (AvgIpc) is 3.49. The van der Waals surface area contributed by atoms with Crippen molar-refractivity contribution in [2.75, 3.05) is 33.4 Å². The molecule has 1 aromatic carbocycles. The normalized spacial score (nSPS) is 23.0. The lowest BCUT2D eigenvalue weighted by Crippen LogP contribution is -2.44. The summed E-state index contributed by atoms with van der Waals surface area (Å²) in [7, 11) is -2.01. The van der Waals surface area contributed by atoms with Crippen molar-refractivity contribution >= 4 is 16.0 Å². The first-order chi connectivity index (χ1) is 14.4. The Morgan fingerprint density at radius 1 is 1.33 bits per heavy atom. The van der Waals surface area contributed by atoms with E-state index in [9.17, 15) is 8.42 Å². The molecular formula is C21H35N5O3S. The number of hydrogen-bond donors (Lipinski definition) is 3. The highest BCUT2D eigenvalue weighted by Gasteiger charge is 2.38. The Hall–Kier alpha value is -1.68. The van der Waals surface area contributed by atoms with Gasteiger partial charge in [0.1, 0.15) is 0 Å². The number of hydrogen-bond acceptors (Lipinski definition) is 5. The van der Waals surface area contributed by atoms with E-state index < -0.39 is 10.0 Å². The number of benzene rings is 1. The van der Waals surface area contributed by atoms with Gasteiger partial charge in [0.2, 0.25) is 10.0 Å². The molecule has 0 radical (unpaired) electrons. The molecule has 1 aliphatic heterocycles. The van der Waals surface area contributed by atoms with E-state index >= 15 is 0 Å². The first kappa shape index (κ1) is 23.0. The Morgan fingerprint density at radius 3 is 2.83 bits per heavy atom. The standard InChI is InChI=1S/C21H35N5O3S/c1-4-22-21(25-18-12-16(2)26(15-18)19-8-9-19)23-14-17-6-5-7-20(13-17)30(27,28)24-10-11-29-3/h5-7,13,16,18-19,24H,4,8-12,14-15H2,1-3H3,(H2,22,23,25). The number of nitrogens with one attached hydrogen (secondary N) is 3. The predicted molar refractivity (Wildman–Crippen MR) is 119 cm³/mol. The zero-order valence-corrected chi connectivity index (χ0v) is 19.0. The second-order valence-electron chi connectivity index (χ2n) is 8.09. The van der Waals surface area contributed by atoms with Gasteiger partial charge in [-0.1, -0.05) is 12.1 Å². The molecule has 8 nitrogen and oxygen atoms in total. The first-order valence-electron chi connectivity index (χ1n) is 10.8. The first-order valence-corrected chi connectivity index (χ1v) is 12.3. The molecule has 168 valence electrons. The highest BCUT2D eigenvalue weighted by atomic mass is 32.2. The van der Waals surface area contributed by atoms with E-state index in [0.29, 0.717) is 25.2 Å². The number of methoxy groups -OCH3 is 1. The summed E-state index contributed by atoms with van der Waals surface area (Å²) in [6.07, 6.45) is 3.76. The molecular weight excluding hydrogens is 402 g/mol. The van der Waals surface area contributed by atoms with Gasteiger partial charge in [0.25, 0.3) is 0 Å². The lowest BCUT2D eigenvalue weighted by atomic mass is 10.2. The second kappa shape index (κ2) is 10.6. The minimum Gasteiger partial charge on any atom is -0.383 e. The van der Waals surface area contributed by atoms with Crippen LogP contribution in [0.15, 0.2) is 34.2 Å². The third kappa shape index (κ3) is 6.41. The van der Waals surface area contributed by atoms with Gasteiger partial charge in [0.05, 0.1) is 18.0 Å². The fraction of sp³-hybridized carbons (Fsp3) is 0.667. The van der Waals surface area contributed by atoms with Gasteiger partial charge in [-0.15, -0.1) is 0 Å². The van der Waals surface area contributed by atoms with E-state index in [4.69, 9.17) is 9.73 Å². The number of sulfonamides is 1. The minimum absolute atomic E-state index is 0.243. The highest BCUT2D eigenvalue weighted by Crippen LogP contribution is 2.33. The smallest absolute Gasteiger partial charge is 0.240 e. The summed E-state index contributed by atoms with van der Waals surface area (Å²) >= 11 is 0. The van der Waals surface area contributed by atoms with Crippen molar-refractivity contribution in [3.63, 3.8) is 0 Å². The van der Waals surface area contributed by atoms with Crippen LogP contribution in [0.1, 0.15) is 38.7 Å². The largest absolute Gasteiger partial charge is 0.383 e. The van der Waals surface area contributed by atoms with Crippen LogP contribution in [0.4, 0.5) is 0 Å². The van der Waals surface area contributed by atoms with Gasteiger partial charge in [-0.3, -0.25) is 4.90 Å². The van der Waals surface area contributed by atoms with Gasteiger partial charge in [-0.25, -0.2) is 18.1 Å².